The Hall–Kier alpha value is 0.550. The van der Waals surface area contributed by atoms with Gasteiger partial charge in [-0.1, -0.05) is 22.6 Å². The molecule has 1 N–H and O–H groups in total. The van der Waals surface area contributed by atoms with Gasteiger partial charge >= 0.3 is 0 Å². The van der Waals surface area contributed by atoms with Gasteiger partial charge in [-0.05, 0) is 19.4 Å². The van der Waals surface area contributed by atoms with Crippen LogP contribution in [0.15, 0.2) is 0 Å². The summed E-state index contributed by atoms with van der Waals surface area (Å²) >= 11 is 2.16. The van der Waals surface area contributed by atoms with Crippen molar-refractivity contribution in [3.63, 3.8) is 0 Å². The van der Waals surface area contributed by atoms with Crippen molar-refractivity contribution in [2.24, 2.45) is 0 Å². The summed E-state index contributed by atoms with van der Waals surface area (Å²) < 4.78 is 23.9. The minimum atomic E-state index is -2.16. The van der Waals surface area contributed by atoms with Crippen molar-refractivity contribution in [3.8, 4) is 0 Å². The summed E-state index contributed by atoms with van der Waals surface area (Å²) in [5, 5.41) is 3.14. The van der Waals surface area contributed by atoms with Crippen LogP contribution in [0.25, 0.3) is 0 Å². The Kier molecular flexibility index (Phi) is 3.49. The average Bonchev–Trinajstić information content (AvgIpc) is 1.85. The van der Waals surface area contributed by atoms with Gasteiger partial charge in [0.2, 0.25) is 6.43 Å². The van der Waals surface area contributed by atoms with E-state index in [9.17, 15) is 8.78 Å². The Balaban J connectivity index is 2.37. The van der Waals surface area contributed by atoms with Crippen LogP contribution in [0.1, 0.15) is 19.3 Å². The lowest BCUT2D eigenvalue weighted by Crippen LogP contribution is -2.42. The zero-order valence-electron chi connectivity index (χ0n) is 6.25. The van der Waals surface area contributed by atoms with Gasteiger partial charge in [-0.3, -0.25) is 0 Å². The molecule has 0 aromatic carbocycles. The number of halogens is 3. The first-order chi connectivity index (χ1) is 5.12. The summed E-state index contributed by atoms with van der Waals surface area (Å²) in [4.78, 5) is 0. The predicted molar refractivity (Wildman–Crippen MR) is 49.5 cm³/mol. The number of hydrogen-bond acceptors (Lipinski definition) is 1. The zero-order chi connectivity index (χ0) is 8.32. The van der Waals surface area contributed by atoms with Crippen LogP contribution in [0, 0.1) is 0 Å². The summed E-state index contributed by atoms with van der Waals surface area (Å²) in [6.07, 6.45) is -0.187. The molecule has 0 aromatic heterocycles. The maximum atomic E-state index is 12.0. The van der Waals surface area contributed by atoms with Gasteiger partial charge in [0.05, 0.1) is 0 Å². The monoisotopic (exact) mass is 275 g/mol. The van der Waals surface area contributed by atoms with Crippen LogP contribution in [0.5, 0.6) is 0 Å². The molecule has 1 heterocycles. The molecule has 1 fully saturated rings. The number of piperidine rings is 1. The minimum Gasteiger partial charge on any atom is -0.315 e. The largest absolute Gasteiger partial charge is 0.315 e. The molecule has 0 aliphatic carbocycles. The standard InChI is InChI=1S/C7H12F2IN/c8-6(9)4-7(10)2-1-3-11-5-7/h6,11H,1-5H2. The van der Waals surface area contributed by atoms with Crippen molar-refractivity contribution in [3.05, 3.63) is 0 Å². The van der Waals surface area contributed by atoms with E-state index in [-0.39, 0.29) is 9.84 Å². The molecular formula is C7H12F2IN. The van der Waals surface area contributed by atoms with E-state index in [4.69, 9.17) is 0 Å². The van der Waals surface area contributed by atoms with E-state index in [1.165, 1.54) is 0 Å². The third kappa shape index (κ3) is 3.19. The third-order valence-corrected chi connectivity index (χ3v) is 3.30. The first kappa shape index (κ1) is 9.64. The fourth-order valence-electron chi connectivity index (χ4n) is 1.38. The molecule has 1 saturated heterocycles. The maximum Gasteiger partial charge on any atom is 0.240 e. The number of nitrogens with one attached hydrogen (secondary N) is 1. The molecule has 0 bridgehead atoms. The van der Waals surface area contributed by atoms with E-state index < -0.39 is 6.43 Å². The maximum absolute atomic E-state index is 12.0. The smallest absolute Gasteiger partial charge is 0.240 e. The molecule has 1 unspecified atom stereocenters. The molecular weight excluding hydrogens is 263 g/mol. The zero-order valence-corrected chi connectivity index (χ0v) is 8.40. The Morgan fingerprint density at radius 1 is 1.55 bits per heavy atom. The van der Waals surface area contributed by atoms with E-state index >= 15 is 0 Å². The Morgan fingerprint density at radius 3 is 2.73 bits per heavy atom. The summed E-state index contributed by atoms with van der Waals surface area (Å²) in [6, 6.07) is 0. The van der Waals surface area contributed by atoms with Gasteiger partial charge in [-0.15, -0.1) is 0 Å². The first-order valence-corrected chi connectivity index (χ1v) is 4.88. The van der Waals surface area contributed by atoms with Crippen molar-refractivity contribution in [2.45, 2.75) is 29.1 Å². The summed E-state index contributed by atoms with van der Waals surface area (Å²) in [6.45, 7) is 1.71. The average molecular weight is 275 g/mol. The van der Waals surface area contributed by atoms with Crippen LogP contribution in [0.2, 0.25) is 0 Å². The number of alkyl halides is 3. The minimum absolute atomic E-state index is 0.0283. The SMILES string of the molecule is FC(F)CC1(I)CCCNC1. The van der Waals surface area contributed by atoms with Crippen LogP contribution in [-0.4, -0.2) is 22.9 Å². The lowest BCUT2D eigenvalue weighted by Gasteiger charge is -2.31. The molecule has 1 aliphatic heterocycles. The highest BCUT2D eigenvalue weighted by Gasteiger charge is 2.31. The molecule has 0 radical (unpaired) electrons. The highest BCUT2D eigenvalue weighted by Crippen LogP contribution is 2.32. The van der Waals surface area contributed by atoms with Crippen LogP contribution < -0.4 is 5.32 Å². The fraction of sp³-hybridized carbons (Fsp3) is 1.00. The van der Waals surface area contributed by atoms with Crippen molar-refractivity contribution < 1.29 is 8.78 Å². The highest BCUT2D eigenvalue weighted by molar-refractivity contribution is 14.1. The Morgan fingerprint density at radius 2 is 2.27 bits per heavy atom. The Bertz CT molecular complexity index is 124. The van der Waals surface area contributed by atoms with Crippen LogP contribution in [-0.2, 0) is 0 Å². The molecule has 0 amide bonds. The van der Waals surface area contributed by atoms with Crippen molar-refractivity contribution in [1.29, 1.82) is 0 Å². The van der Waals surface area contributed by atoms with Gasteiger partial charge < -0.3 is 5.32 Å². The molecule has 1 nitrogen and oxygen atoms in total. The van der Waals surface area contributed by atoms with E-state index in [0.717, 1.165) is 25.9 Å². The van der Waals surface area contributed by atoms with Gasteiger partial charge in [-0.2, -0.15) is 0 Å². The molecule has 1 rings (SSSR count). The number of hydrogen-bond donors (Lipinski definition) is 1. The molecule has 0 aromatic rings. The summed E-state index contributed by atoms with van der Waals surface area (Å²) in [7, 11) is 0. The van der Waals surface area contributed by atoms with Crippen LogP contribution >= 0.6 is 22.6 Å². The molecule has 1 atom stereocenters. The Labute approximate surface area is 79.1 Å². The molecule has 4 heteroatoms. The van der Waals surface area contributed by atoms with Crippen molar-refractivity contribution in [2.75, 3.05) is 13.1 Å². The van der Waals surface area contributed by atoms with Crippen LogP contribution in [0.4, 0.5) is 8.78 Å². The molecule has 0 spiro atoms. The van der Waals surface area contributed by atoms with Crippen LogP contribution in [0.3, 0.4) is 0 Å². The van der Waals surface area contributed by atoms with E-state index in [0.29, 0.717) is 0 Å². The highest BCUT2D eigenvalue weighted by atomic mass is 127. The molecule has 0 saturated carbocycles. The summed E-state index contributed by atoms with van der Waals surface area (Å²) in [5.74, 6) is 0. The topological polar surface area (TPSA) is 12.0 Å². The van der Waals surface area contributed by atoms with E-state index in [2.05, 4.69) is 27.9 Å². The summed E-state index contributed by atoms with van der Waals surface area (Å²) in [5.41, 5.74) is 0. The van der Waals surface area contributed by atoms with Gasteiger partial charge in [0.15, 0.2) is 0 Å². The third-order valence-electron chi connectivity index (χ3n) is 1.94. The quantitative estimate of drug-likeness (QED) is 0.601. The molecule has 66 valence electrons. The predicted octanol–water partition coefficient (Wildman–Crippen LogP) is 2.20. The van der Waals surface area contributed by atoms with Gasteiger partial charge in [0, 0.05) is 16.4 Å². The lowest BCUT2D eigenvalue weighted by molar-refractivity contribution is 0.120. The second kappa shape index (κ2) is 3.98. The van der Waals surface area contributed by atoms with Crippen molar-refractivity contribution in [1.82, 2.24) is 5.32 Å². The van der Waals surface area contributed by atoms with Gasteiger partial charge in [0.1, 0.15) is 0 Å². The van der Waals surface area contributed by atoms with E-state index in [1.54, 1.807) is 0 Å². The van der Waals surface area contributed by atoms with Gasteiger partial charge in [0.25, 0.3) is 0 Å². The van der Waals surface area contributed by atoms with E-state index in [1.807, 2.05) is 0 Å². The van der Waals surface area contributed by atoms with Crippen molar-refractivity contribution >= 4 is 22.6 Å². The first-order valence-electron chi connectivity index (χ1n) is 3.80. The second-order valence-corrected chi connectivity index (χ2v) is 5.31. The normalized spacial score (nSPS) is 32.7. The number of rotatable bonds is 2. The van der Waals surface area contributed by atoms with Gasteiger partial charge in [-0.25, -0.2) is 8.78 Å². The molecule has 11 heavy (non-hydrogen) atoms. The fourth-order valence-corrected chi connectivity index (χ4v) is 2.37. The molecule has 1 aliphatic rings. The second-order valence-electron chi connectivity index (χ2n) is 3.03. The lowest BCUT2D eigenvalue weighted by atomic mass is 9.96.